The number of aliphatic carboxylic acids is 1. The predicted molar refractivity (Wildman–Crippen MR) is 162 cm³/mol. The summed E-state index contributed by atoms with van der Waals surface area (Å²) in [4.78, 5) is 11.0. The Balaban J connectivity index is 1.32. The van der Waals surface area contributed by atoms with Crippen LogP contribution in [0.5, 0.6) is 0 Å². The molecule has 8 heteroatoms. The summed E-state index contributed by atoms with van der Waals surface area (Å²) in [6.45, 7) is 6.43. The summed E-state index contributed by atoms with van der Waals surface area (Å²) in [7, 11) is -2.29. The van der Waals surface area contributed by atoms with Crippen LogP contribution < -0.4 is 5.32 Å². The van der Waals surface area contributed by atoms with E-state index in [-0.39, 0.29) is 23.4 Å². The molecule has 0 spiro atoms. The van der Waals surface area contributed by atoms with Crippen molar-refractivity contribution in [3.05, 3.63) is 89.0 Å². The Hall–Kier alpha value is -3.04. The molecule has 0 unspecified atom stereocenters. The zero-order chi connectivity index (χ0) is 29.8. The van der Waals surface area contributed by atoms with Gasteiger partial charge in [0.2, 0.25) is 10.0 Å². The monoisotopic (exact) mass is 578 g/mol. The summed E-state index contributed by atoms with van der Waals surface area (Å²) in [5.41, 5.74) is 6.26. The minimum atomic E-state index is -3.79. The van der Waals surface area contributed by atoms with Gasteiger partial charge in [0, 0.05) is 32.1 Å². The van der Waals surface area contributed by atoms with Crippen LogP contribution in [0.3, 0.4) is 0 Å². The standard InChI is InChI=1S/C33H42N2O5S/c1-23-17-30(14-15-31(23)26-12-9-24(10-13-26)11-16-32(37)38)41(39,40)35(4)22-29(36)21-34-33(2,3)20-25-18-27-7-5-6-8-28(27)19-25/h5-10,12-15,17,25,29,34,36H,11,16,18-22H2,1-4H3,(H,37,38)/t29-/m1/s1. The van der Waals surface area contributed by atoms with Crippen molar-refractivity contribution in [2.24, 2.45) is 5.92 Å². The summed E-state index contributed by atoms with van der Waals surface area (Å²) < 4.78 is 27.9. The highest BCUT2D eigenvalue weighted by atomic mass is 32.2. The van der Waals surface area contributed by atoms with Crippen molar-refractivity contribution in [2.45, 2.75) is 69.4 Å². The second kappa shape index (κ2) is 12.9. The fraction of sp³-hybridized carbons (Fsp3) is 0.424. The average Bonchev–Trinajstić information content (AvgIpc) is 3.32. The molecule has 7 nitrogen and oxygen atoms in total. The molecule has 1 atom stereocenters. The summed E-state index contributed by atoms with van der Waals surface area (Å²) in [6.07, 6.45) is 2.81. The van der Waals surface area contributed by atoms with Gasteiger partial charge in [0.15, 0.2) is 0 Å². The van der Waals surface area contributed by atoms with E-state index in [2.05, 4.69) is 43.4 Å². The minimum Gasteiger partial charge on any atom is -0.481 e. The molecule has 1 aliphatic rings. The van der Waals surface area contributed by atoms with Gasteiger partial charge in [0.25, 0.3) is 0 Å². The summed E-state index contributed by atoms with van der Waals surface area (Å²) in [6, 6.07) is 21.3. The van der Waals surface area contributed by atoms with Gasteiger partial charge < -0.3 is 15.5 Å². The number of rotatable bonds is 13. The van der Waals surface area contributed by atoms with Gasteiger partial charge in [-0.15, -0.1) is 0 Å². The van der Waals surface area contributed by atoms with Crippen LogP contribution in [0.15, 0.2) is 71.6 Å². The third-order valence-electron chi connectivity index (χ3n) is 8.02. The van der Waals surface area contributed by atoms with Crippen molar-refractivity contribution in [3.8, 4) is 11.1 Å². The second-order valence-corrected chi connectivity index (χ2v) is 14.1. The molecule has 3 aromatic carbocycles. The molecule has 0 heterocycles. The number of fused-ring (bicyclic) bond motifs is 1. The zero-order valence-corrected chi connectivity index (χ0v) is 25.2. The molecule has 3 N–H and O–H groups in total. The molecule has 0 saturated heterocycles. The topological polar surface area (TPSA) is 107 Å². The minimum absolute atomic E-state index is 0.0150. The Morgan fingerprint density at radius 3 is 2.27 bits per heavy atom. The number of carboxylic acids is 1. The van der Waals surface area contributed by atoms with Crippen LogP contribution in [-0.4, -0.2) is 60.7 Å². The van der Waals surface area contributed by atoms with Gasteiger partial charge in [-0.25, -0.2) is 8.42 Å². The number of aliphatic hydroxyl groups is 1. The van der Waals surface area contributed by atoms with Crippen LogP contribution in [0, 0.1) is 12.8 Å². The van der Waals surface area contributed by atoms with Gasteiger partial charge in [0.05, 0.1) is 11.0 Å². The maximum absolute atomic E-state index is 13.3. The highest BCUT2D eigenvalue weighted by Gasteiger charge is 2.29. The van der Waals surface area contributed by atoms with Crippen LogP contribution >= 0.6 is 0 Å². The number of nitrogens with one attached hydrogen (secondary N) is 1. The zero-order valence-electron chi connectivity index (χ0n) is 24.4. The maximum Gasteiger partial charge on any atom is 0.303 e. The molecule has 0 aliphatic heterocycles. The van der Waals surface area contributed by atoms with Crippen molar-refractivity contribution < 1.29 is 23.4 Å². The Kier molecular flexibility index (Phi) is 9.70. The van der Waals surface area contributed by atoms with Gasteiger partial charge in [-0.2, -0.15) is 4.31 Å². The van der Waals surface area contributed by atoms with Crippen LogP contribution in [0.1, 0.15) is 48.9 Å². The lowest BCUT2D eigenvalue weighted by molar-refractivity contribution is -0.136. The molecule has 41 heavy (non-hydrogen) atoms. The predicted octanol–water partition coefficient (Wildman–Crippen LogP) is 4.83. The fourth-order valence-electron chi connectivity index (χ4n) is 5.84. The number of hydrogen-bond donors (Lipinski definition) is 3. The first-order valence-corrected chi connectivity index (χ1v) is 15.7. The molecule has 4 rings (SSSR count). The highest BCUT2D eigenvalue weighted by Crippen LogP contribution is 2.32. The Morgan fingerprint density at radius 2 is 1.68 bits per heavy atom. The number of nitrogens with zero attached hydrogens (tertiary/aromatic N) is 1. The number of carboxylic acid groups (broad SMARTS) is 1. The van der Waals surface area contributed by atoms with Gasteiger partial charge in [0.1, 0.15) is 0 Å². The Morgan fingerprint density at radius 1 is 1.05 bits per heavy atom. The number of aryl methyl sites for hydroxylation is 2. The summed E-state index contributed by atoms with van der Waals surface area (Å²) >= 11 is 0. The molecule has 0 aromatic heterocycles. The molecular weight excluding hydrogens is 536 g/mol. The number of benzene rings is 3. The normalized spacial score (nSPS) is 14.8. The summed E-state index contributed by atoms with van der Waals surface area (Å²) in [5, 5.41) is 23.1. The number of hydrogen-bond acceptors (Lipinski definition) is 5. The molecule has 0 saturated carbocycles. The number of carbonyl (C=O) groups is 1. The van der Waals surface area contributed by atoms with E-state index < -0.39 is 22.1 Å². The summed E-state index contributed by atoms with van der Waals surface area (Å²) in [5.74, 6) is -0.276. The van der Waals surface area contributed by atoms with Gasteiger partial charge in [-0.05, 0) is 97.9 Å². The third-order valence-corrected chi connectivity index (χ3v) is 9.84. The van der Waals surface area contributed by atoms with E-state index in [1.807, 2.05) is 31.2 Å². The molecule has 3 aromatic rings. The van der Waals surface area contributed by atoms with Gasteiger partial charge >= 0.3 is 5.97 Å². The first kappa shape index (κ1) is 30.9. The number of aliphatic hydroxyl groups excluding tert-OH is 1. The van der Waals surface area contributed by atoms with E-state index >= 15 is 0 Å². The highest BCUT2D eigenvalue weighted by molar-refractivity contribution is 7.89. The lowest BCUT2D eigenvalue weighted by Crippen LogP contribution is -2.47. The number of sulfonamides is 1. The van der Waals surface area contributed by atoms with E-state index in [9.17, 15) is 18.3 Å². The fourth-order valence-corrected chi connectivity index (χ4v) is 7.14. The molecule has 0 amide bonds. The largest absolute Gasteiger partial charge is 0.481 e. The van der Waals surface area contributed by atoms with Crippen LogP contribution in [0.25, 0.3) is 11.1 Å². The van der Waals surface area contributed by atoms with Crippen molar-refractivity contribution in [1.29, 1.82) is 0 Å². The van der Waals surface area contributed by atoms with E-state index in [4.69, 9.17) is 5.11 Å². The first-order chi connectivity index (χ1) is 19.3. The van der Waals surface area contributed by atoms with Crippen LogP contribution in [0.2, 0.25) is 0 Å². The van der Waals surface area contributed by atoms with Gasteiger partial charge in [-0.1, -0.05) is 54.6 Å². The lowest BCUT2D eigenvalue weighted by atomic mass is 9.88. The average molecular weight is 579 g/mol. The van der Waals surface area contributed by atoms with E-state index in [1.165, 1.54) is 22.5 Å². The van der Waals surface area contributed by atoms with Crippen molar-refractivity contribution >= 4 is 16.0 Å². The quantitative estimate of drug-likeness (QED) is 0.268. The molecule has 0 fully saturated rings. The van der Waals surface area contributed by atoms with E-state index in [1.54, 1.807) is 18.2 Å². The number of β-amino-alcohol motifs (C(OH)–C–C–N with tert-alkyl or cyclic N) is 1. The molecule has 0 bridgehead atoms. The Bertz CT molecular complexity index is 1440. The molecule has 1 aliphatic carbocycles. The van der Waals surface area contributed by atoms with Gasteiger partial charge in [-0.3, -0.25) is 4.79 Å². The lowest BCUT2D eigenvalue weighted by Gasteiger charge is -2.31. The van der Waals surface area contributed by atoms with Crippen molar-refractivity contribution in [3.63, 3.8) is 0 Å². The van der Waals surface area contributed by atoms with E-state index in [0.717, 1.165) is 41.5 Å². The molecule has 220 valence electrons. The second-order valence-electron chi connectivity index (χ2n) is 12.0. The molecular formula is C33H42N2O5S. The molecule has 0 radical (unpaired) electrons. The SMILES string of the molecule is Cc1cc(S(=O)(=O)N(C)C[C@H](O)CNC(C)(C)CC2Cc3ccccc3C2)ccc1-c1ccc(CCC(=O)O)cc1. The Labute approximate surface area is 244 Å². The van der Waals surface area contributed by atoms with E-state index in [0.29, 0.717) is 18.9 Å². The third kappa shape index (κ3) is 8.04. The smallest absolute Gasteiger partial charge is 0.303 e. The first-order valence-electron chi connectivity index (χ1n) is 14.2. The maximum atomic E-state index is 13.3. The van der Waals surface area contributed by atoms with Crippen LogP contribution in [0.4, 0.5) is 0 Å². The van der Waals surface area contributed by atoms with Crippen molar-refractivity contribution in [1.82, 2.24) is 9.62 Å². The van der Waals surface area contributed by atoms with Crippen LogP contribution in [-0.2, 0) is 34.1 Å². The number of likely N-dealkylation sites (N-methyl/N-ethyl adjacent to an activating group) is 1. The van der Waals surface area contributed by atoms with Crippen molar-refractivity contribution in [2.75, 3.05) is 20.1 Å².